The second-order valence-corrected chi connectivity index (χ2v) is 4.72. The number of aliphatic hydroxyl groups is 1. The molecule has 7 heteroatoms. The van der Waals surface area contributed by atoms with Gasteiger partial charge in [-0.05, 0) is 37.6 Å². The van der Waals surface area contributed by atoms with Gasteiger partial charge in [-0.3, -0.25) is 0 Å². The summed E-state index contributed by atoms with van der Waals surface area (Å²) in [5.74, 6) is 0.949. The second-order valence-electron chi connectivity index (χ2n) is 4.72. The first kappa shape index (κ1) is 15.0. The maximum atomic E-state index is 11.7. The van der Waals surface area contributed by atoms with Crippen LogP contribution in [0.1, 0.15) is 19.2 Å². The zero-order chi connectivity index (χ0) is 15.2. The molecule has 0 unspecified atom stereocenters. The van der Waals surface area contributed by atoms with E-state index in [0.717, 1.165) is 5.56 Å². The van der Waals surface area contributed by atoms with E-state index in [1.165, 1.54) is 0 Å². The van der Waals surface area contributed by atoms with Crippen LogP contribution in [0.25, 0.3) is 11.5 Å². The topological polar surface area (TPSA) is 100 Å². The van der Waals surface area contributed by atoms with Crippen molar-refractivity contribution in [3.8, 4) is 11.5 Å². The van der Waals surface area contributed by atoms with Crippen LogP contribution >= 0.6 is 0 Å². The summed E-state index contributed by atoms with van der Waals surface area (Å²) in [6.45, 7) is 3.60. The van der Waals surface area contributed by atoms with Crippen molar-refractivity contribution >= 4 is 11.7 Å². The van der Waals surface area contributed by atoms with Gasteiger partial charge in [0.2, 0.25) is 11.8 Å². The SMILES string of the molecule is Cc1nnc(-c2ccc(NC(=O)N[C@H](C)CCO)cc2)o1. The maximum absolute atomic E-state index is 11.7. The molecule has 0 saturated heterocycles. The number of urea groups is 1. The Kier molecular flexibility index (Phi) is 4.89. The highest BCUT2D eigenvalue weighted by molar-refractivity contribution is 5.89. The molecule has 0 aliphatic carbocycles. The van der Waals surface area contributed by atoms with Crippen LogP contribution in [0.5, 0.6) is 0 Å². The van der Waals surface area contributed by atoms with Gasteiger partial charge in [0, 0.05) is 30.8 Å². The van der Waals surface area contributed by atoms with Crippen molar-refractivity contribution in [2.45, 2.75) is 26.3 Å². The van der Waals surface area contributed by atoms with Crippen molar-refractivity contribution in [1.82, 2.24) is 15.5 Å². The molecular formula is C14H18N4O3. The third kappa shape index (κ3) is 4.28. The van der Waals surface area contributed by atoms with Crippen molar-refractivity contribution < 1.29 is 14.3 Å². The van der Waals surface area contributed by atoms with Crippen molar-refractivity contribution in [3.63, 3.8) is 0 Å². The predicted octanol–water partition coefficient (Wildman–Crippen LogP) is 1.94. The number of nitrogens with zero attached hydrogens (tertiary/aromatic N) is 2. The minimum atomic E-state index is -0.308. The Morgan fingerprint density at radius 1 is 1.33 bits per heavy atom. The van der Waals surface area contributed by atoms with Gasteiger partial charge in [-0.2, -0.15) is 0 Å². The molecule has 112 valence electrons. The third-order valence-corrected chi connectivity index (χ3v) is 2.86. The number of aromatic nitrogens is 2. The van der Waals surface area contributed by atoms with Crippen LogP contribution < -0.4 is 10.6 Å². The number of carbonyl (C=O) groups excluding carboxylic acids is 1. The van der Waals surface area contributed by atoms with Crippen molar-refractivity contribution in [1.29, 1.82) is 0 Å². The van der Waals surface area contributed by atoms with Gasteiger partial charge >= 0.3 is 6.03 Å². The standard InChI is InChI=1S/C14H18N4O3/c1-9(7-8-19)15-14(20)16-12-5-3-11(4-6-12)13-18-17-10(2)21-13/h3-6,9,19H,7-8H2,1-2H3,(H2,15,16,20)/t9-/m1/s1. The number of benzene rings is 1. The molecule has 2 rings (SSSR count). The van der Waals surface area contributed by atoms with E-state index < -0.39 is 0 Å². The van der Waals surface area contributed by atoms with Gasteiger partial charge in [-0.1, -0.05) is 0 Å². The molecule has 0 radical (unpaired) electrons. The third-order valence-electron chi connectivity index (χ3n) is 2.86. The normalized spacial score (nSPS) is 12.0. The van der Waals surface area contributed by atoms with Crippen LogP contribution in [0, 0.1) is 6.92 Å². The molecule has 7 nitrogen and oxygen atoms in total. The van der Waals surface area contributed by atoms with Crippen LogP contribution in [0.2, 0.25) is 0 Å². The molecule has 0 spiro atoms. The lowest BCUT2D eigenvalue weighted by Gasteiger charge is -2.13. The molecule has 1 atom stereocenters. The Labute approximate surface area is 122 Å². The number of nitrogens with one attached hydrogen (secondary N) is 2. The molecule has 21 heavy (non-hydrogen) atoms. The lowest BCUT2D eigenvalue weighted by atomic mass is 10.2. The average Bonchev–Trinajstić information content (AvgIpc) is 2.86. The summed E-state index contributed by atoms with van der Waals surface area (Å²) in [7, 11) is 0. The highest BCUT2D eigenvalue weighted by atomic mass is 16.4. The fourth-order valence-corrected chi connectivity index (χ4v) is 1.77. The first-order chi connectivity index (χ1) is 10.1. The van der Waals surface area contributed by atoms with E-state index in [4.69, 9.17) is 9.52 Å². The van der Waals surface area contributed by atoms with Crippen LogP contribution in [0.15, 0.2) is 28.7 Å². The monoisotopic (exact) mass is 290 g/mol. The van der Waals surface area contributed by atoms with Gasteiger partial charge in [0.25, 0.3) is 0 Å². The number of hydrogen-bond acceptors (Lipinski definition) is 5. The summed E-state index contributed by atoms with van der Waals surface area (Å²) < 4.78 is 5.32. The Morgan fingerprint density at radius 2 is 2.05 bits per heavy atom. The van der Waals surface area contributed by atoms with E-state index in [1.54, 1.807) is 31.2 Å². The Balaban J connectivity index is 1.95. The number of anilines is 1. The molecular weight excluding hydrogens is 272 g/mol. The van der Waals surface area contributed by atoms with Gasteiger partial charge in [0.1, 0.15) is 0 Å². The zero-order valence-corrected chi connectivity index (χ0v) is 12.0. The number of hydrogen-bond donors (Lipinski definition) is 3. The molecule has 2 amide bonds. The minimum absolute atomic E-state index is 0.0414. The van der Waals surface area contributed by atoms with E-state index in [9.17, 15) is 4.79 Å². The lowest BCUT2D eigenvalue weighted by molar-refractivity contribution is 0.241. The molecule has 1 aromatic heterocycles. The van der Waals surface area contributed by atoms with Crippen LogP contribution in [-0.2, 0) is 0 Å². The van der Waals surface area contributed by atoms with E-state index in [2.05, 4.69) is 20.8 Å². The fourth-order valence-electron chi connectivity index (χ4n) is 1.77. The molecule has 2 aromatic rings. The highest BCUT2D eigenvalue weighted by Crippen LogP contribution is 2.19. The highest BCUT2D eigenvalue weighted by Gasteiger charge is 2.08. The summed E-state index contributed by atoms with van der Waals surface area (Å²) in [5, 5.41) is 21.9. The zero-order valence-electron chi connectivity index (χ0n) is 12.0. The summed E-state index contributed by atoms with van der Waals surface area (Å²) in [6, 6.07) is 6.70. The quantitative estimate of drug-likeness (QED) is 0.781. The van der Waals surface area contributed by atoms with E-state index >= 15 is 0 Å². The summed E-state index contributed by atoms with van der Waals surface area (Å²) >= 11 is 0. The molecule has 0 bridgehead atoms. The maximum Gasteiger partial charge on any atom is 0.319 e. The van der Waals surface area contributed by atoms with Crippen molar-refractivity contribution in [3.05, 3.63) is 30.2 Å². The van der Waals surface area contributed by atoms with Gasteiger partial charge in [-0.15, -0.1) is 10.2 Å². The number of carbonyl (C=O) groups is 1. The van der Waals surface area contributed by atoms with Crippen molar-refractivity contribution in [2.75, 3.05) is 11.9 Å². The largest absolute Gasteiger partial charge is 0.421 e. The first-order valence-electron chi connectivity index (χ1n) is 6.67. The van der Waals surface area contributed by atoms with E-state index in [-0.39, 0.29) is 18.7 Å². The van der Waals surface area contributed by atoms with Gasteiger partial charge in [0.15, 0.2) is 0 Å². The van der Waals surface area contributed by atoms with Crippen molar-refractivity contribution in [2.24, 2.45) is 0 Å². The molecule has 0 saturated carbocycles. The summed E-state index contributed by atoms with van der Waals surface area (Å²) in [5.41, 5.74) is 1.44. The molecule has 0 fully saturated rings. The lowest BCUT2D eigenvalue weighted by Crippen LogP contribution is -2.36. The number of aliphatic hydroxyl groups excluding tert-OH is 1. The average molecular weight is 290 g/mol. The van der Waals surface area contributed by atoms with Crippen LogP contribution in [0.4, 0.5) is 10.5 Å². The fraction of sp³-hybridized carbons (Fsp3) is 0.357. The molecule has 1 heterocycles. The molecule has 3 N–H and O–H groups in total. The Hall–Kier alpha value is -2.41. The number of aryl methyl sites for hydroxylation is 1. The van der Waals surface area contributed by atoms with Crippen LogP contribution in [-0.4, -0.2) is 34.0 Å². The molecule has 0 aliphatic heterocycles. The molecule has 0 aliphatic rings. The minimum Gasteiger partial charge on any atom is -0.421 e. The molecule has 1 aromatic carbocycles. The summed E-state index contributed by atoms with van der Waals surface area (Å²) in [4.78, 5) is 11.7. The van der Waals surface area contributed by atoms with Gasteiger partial charge in [0.05, 0.1) is 0 Å². The van der Waals surface area contributed by atoms with E-state index in [0.29, 0.717) is 23.9 Å². The van der Waals surface area contributed by atoms with Gasteiger partial charge < -0.3 is 20.2 Å². The number of rotatable bonds is 5. The first-order valence-corrected chi connectivity index (χ1v) is 6.67. The van der Waals surface area contributed by atoms with Crippen LogP contribution in [0.3, 0.4) is 0 Å². The van der Waals surface area contributed by atoms with E-state index in [1.807, 2.05) is 6.92 Å². The summed E-state index contributed by atoms with van der Waals surface area (Å²) in [6.07, 6.45) is 0.517. The second kappa shape index (κ2) is 6.85. The van der Waals surface area contributed by atoms with Gasteiger partial charge in [-0.25, -0.2) is 4.79 Å². The predicted molar refractivity (Wildman–Crippen MR) is 77.8 cm³/mol. The smallest absolute Gasteiger partial charge is 0.319 e. The Morgan fingerprint density at radius 3 is 2.62 bits per heavy atom. The Bertz CT molecular complexity index is 595. The number of amides is 2.